The second-order valence-electron chi connectivity index (χ2n) is 4.29. The number of hydrogen-bond donors (Lipinski definition) is 1. The van der Waals surface area contributed by atoms with Gasteiger partial charge in [0, 0.05) is 0 Å². The topological polar surface area (TPSA) is 98.8 Å². The van der Waals surface area contributed by atoms with Gasteiger partial charge >= 0.3 is 17.4 Å². The normalized spacial score (nSPS) is 12.5. The first-order chi connectivity index (χ1) is 11.4. The van der Waals surface area contributed by atoms with Crippen molar-refractivity contribution in [2.24, 2.45) is 0 Å². The number of halogens is 4. The fourth-order valence-corrected chi connectivity index (χ4v) is 2.45. The molecule has 12 heteroatoms. The molecule has 0 atom stereocenters. The summed E-state index contributed by atoms with van der Waals surface area (Å²) in [5.41, 5.74) is -7.23. The highest BCUT2D eigenvalue weighted by molar-refractivity contribution is 7.92. The van der Waals surface area contributed by atoms with Crippen molar-refractivity contribution in [3.8, 4) is 0 Å². The van der Waals surface area contributed by atoms with Gasteiger partial charge in [0.15, 0.2) is 0 Å². The summed E-state index contributed by atoms with van der Waals surface area (Å²) in [7, 11) is -4.07. The Morgan fingerprint density at radius 1 is 1.16 bits per heavy atom. The summed E-state index contributed by atoms with van der Waals surface area (Å²) in [6.07, 6.45) is 0.527. The second kappa shape index (κ2) is 7.51. The summed E-state index contributed by atoms with van der Waals surface area (Å²) < 4.78 is 83.2. The average Bonchev–Trinajstić information content (AvgIpc) is 2.53. The fourth-order valence-electron chi connectivity index (χ4n) is 1.52. The maximum atomic E-state index is 13.3. The van der Waals surface area contributed by atoms with Crippen LogP contribution in [0.15, 0.2) is 34.9 Å². The lowest BCUT2D eigenvalue weighted by Gasteiger charge is -2.15. The SMILES string of the molecule is COC(=O)/C=C(/Nc1ccc(F)cc1S(=O)(=O)C(F)(F)F)C(=O)OC. The van der Waals surface area contributed by atoms with Gasteiger partial charge in [-0.25, -0.2) is 22.4 Å². The van der Waals surface area contributed by atoms with Crippen molar-refractivity contribution in [2.45, 2.75) is 10.4 Å². The molecule has 0 heterocycles. The van der Waals surface area contributed by atoms with E-state index in [0.29, 0.717) is 18.2 Å². The molecule has 1 aromatic carbocycles. The first-order valence-electron chi connectivity index (χ1n) is 6.20. The van der Waals surface area contributed by atoms with Crippen LogP contribution < -0.4 is 5.32 Å². The average molecular weight is 385 g/mol. The summed E-state index contributed by atoms with van der Waals surface area (Å²) in [6, 6.07) is 1.44. The van der Waals surface area contributed by atoms with Crippen LogP contribution in [0.25, 0.3) is 0 Å². The lowest BCUT2D eigenvalue weighted by Crippen LogP contribution is -2.25. The molecule has 0 aliphatic carbocycles. The quantitative estimate of drug-likeness (QED) is 0.468. The maximum Gasteiger partial charge on any atom is 0.501 e. The van der Waals surface area contributed by atoms with Gasteiger partial charge in [-0.1, -0.05) is 0 Å². The Morgan fingerprint density at radius 3 is 2.24 bits per heavy atom. The van der Waals surface area contributed by atoms with Crippen LogP contribution in [-0.4, -0.2) is 40.1 Å². The van der Waals surface area contributed by atoms with Crippen molar-refractivity contribution in [3.63, 3.8) is 0 Å². The van der Waals surface area contributed by atoms with Gasteiger partial charge in [-0.3, -0.25) is 0 Å². The molecule has 138 valence electrons. The number of anilines is 1. The molecule has 1 aromatic rings. The second-order valence-corrected chi connectivity index (χ2v) is 6.20. The van der Waals surface area contributed by atoms with Gasteiger partial charge in [0.05, 0.1) is 26.0 Å². The smallest absolute Gasteiger partial charge is 0.466 e. The molecule has 0 aromatic heterocycles. The number of esters is 2. The first-order valence-corrected chi connectivity index (χ1v) is 7.68. The van der Waals surface area contributed by atoms with Gasteiger partial charge in [-0.15, -0.1) is 0 Å². The number of carbonyl (C=O) groups excluding carboxylic acids is 2. The van der Waals surface area contributed by atoms with E-state index >= 15 is 0 Å². The van der Waals surface area contributed by atoms with E-state index in [2.05, 4.69) is 9.47 Å². The van der Waals surface area contributed by atoms with Crippen LogP contribution in [0.3, 0.4) is 0 Å². The van der Waals surface area contributed by atoms with Crippen LogP contribution in [0.4, 0.5) is 23.2 Å². The predicted molar refractivity (Wildman–Crippen MR) is 75.4 cm³/mol. The molecule has 0 saturated heterocycles. The summed E-state index contributed by atoms with van der Waals surface area (Å²) in [6.45, 7) is 0. The standard InChI is InChI=1S/C13H11F4NO6S/c1-23-11(19)6-9(12(20)24-2)18-8-4-3-7(14)5-10(8)25(21,22)13(15,16)17/h3-6,18H,1-2H3/b9-6+. The number of nitrogens with one attached hydrogen (secondary N) is 1. The van der Waals surface area contributed by atoms with Crippen molar-refractivity contribution in [1.29, 1.82) is 0 Å². The Labute approximate surface area is 139 Å². The summed E-state index contributed by atoms with van der Waals surface area (Å²) in [4.78, 5) is 21.3. The summed E-state index contributed by atoms with van der Waals surface area (Å²) in [5.74, 6) is -3.54. The molecule has 1 N–H and O–H groups in total. The molecule has 7 nitrogen and oxygen atoms in total. The number of hydrogen-bond acceptors (Lipinski definition) is 7. The van der Waals surface area contributed by atoms with Crippen molar-refractivity contribution < 1.29 is 45.0 Å². The highest BCUT2D eigenvalue weighted by atomic mass is 32.2. The van der Waals surface area contributed by atoms with E-state index in [9.17, 15) is 35.6 Å². The highest BCUT2D eigenvalue weighted by Crippen LogP contribution is 2.35. The van der Waals surface area contributed by atoms with Crippen LogP contribution in [0.1, 0.15) is 0 Å². The maximum absolute atomic E-state index is 13.3. The van der Waals surface area contributed by atoms with Gasteiger partial charge in [-0.2, -0.15) is 13.2 Å². The number of methoxy groups -OCH3 is 2. The third-order valence-corrected chi connectivity index (χ3v) is 4.20. The van der Waals surface area contributed by atoms with Gasteiger partial charge in [0.2, 0.25) is 0 Å². The van der Waals surface area contributed by atoms with Crippen molar-refractivity contribution in [1.82, 2.24) is 0 Å². The number of rotatable bonds is 5. The highest BCUT2D eigenvalue weighted by Gasteiger charge is 2.48. The number of ether oxygens (including phenoxy) is 2. The zero-order chi connectivity index (χ0) is 19.4. The minimum atomic E-state index is -5.94. The van der Waals surface area contributed by atoms with Crippen molar-refractivity contribution in [2.75, 3.05) is 19.5 Å². The first kappa shape index (κ1) is 20.4. The van der Waals surface area contributed by atoms with Gasteiger partial charge in [0.25, 0.3) is 9.84 Å². The van der Waals surface area contributed by atoms with E-state index in [4.69, 9.17) is 0 Å². The minimum absolute atomic E-state index is 0.123. The van der Waals surface area contributed by atoms with Crippen LogP contribution in [-0.2, 0) is 28.9 Å². The van der Waals surface area contributed by atoms with E-state index in [1.165, 1.54) is 0 Å². The lowest BCUT2D eigenvalue weighted by atomic mass is 10.3. The third-order valence-electron chi connectivity index (χ3n) is 2.68. The Balaban J connectivity index is 3.50. The van der Waals surface area contributed by atoms with Crippen LogP contribution >= 0.6 is 0 Å². The van der Waals surface area contributed by atoms with Crippen LogP contribution in [0.2, 0.25) is 0 Å². The number of carbonyl (C=O) groups is 2. The molecule has 0 aliphatic heterocycles. The number of sulfone groups is 1. The molecule has 25 heavy (non-hydrogen) atoms. The van der Waals surface area contributed by atoms with E-state index in [0.717, 1.165) is 14.2 Å². The van der Waals surface area contributed by atoms with Gasteiger partial charge in [0.1, 0.15) is 16.4 Å². The molecule has 0 radical (unpaired) electrons. The Hall–Kier alpha value is -2.63. The zero-order valence-electron chi connectivity index (χ0n) is 12.7. The molecule has 0 bridgehead atoms. The Bertz CT molecular complexity index is 816. The van der Waals surface area contributed by atoms with E-state index < -0.39 is 49.4 Å². The predicted octanol–water partition coefficient (Wildman–Crippen LogP) is 1.76. The van der Waals surface area contributed by atoms with Crippen LogP contribution in [0.5, 0.6) is 0 Å². The molecular formula is C13H11F4NO6S. The number of alkyl halides is 3. The minimum Gasteiger partial charge on any atom is -0.466 e. The molecular weight excluding hydrogens is 374 g/mol. The monoisotopic (exact) mass is 385 g/mol. The fraction of sp³-hybridized carbons (Fsp3) is 0.231. The summed E-state index contributed by atoms with van der Waals surface area (Å²) in [5, 5.41) is 2.01. The van der Waals surface area contributed by atoms with Crippen LogP contribution in [0, 0.1) is 5.82 Å². The Morgan fingerprint density at radius 2 is 1.76 bits per heavy atom. The van der Waals surface area contributed by atoms with E-state index in [1.54, 1.807) is 0 Å². The van der Waals surface area contributed by atoms with E-state index in [1.807, 2.05) is 5.32 Å². The Kier molecular flexibility index (Phi) is 6.13. The summed E-state index contributed by atoms with van der Waals surface area (Å²) >= 11 is 0. The molecule has 0 aliphatic rings. The van der Waals surface area contributed by atoms with Crippen molar-refractivity contribution in [3.05, 3.63) is 35.8 Å². The molecule has 0 amide bonds. The lowest BCUT2D eigenvalue weighted by molar-refractivity contribution is -0.138. The molecule has 0 fully saturated rings. The number of benzene rings is 1. The van der Waals surface area contributed by atoms with Gasteiger partial charge in [-0.05, 0) is 18.2 Å². The third kappa shape index (κ3) is 4.68. The zero-order valence-corrected chi connectivity index (χ0v) is 13.5. The van der Waals surface area contributed by atoms with Crippen molar-refractivity contribution >= 4 is 27.5 Å². The molecule has 0 spiro atoms. The molecule has 0 saturated carbocycles. The largest absolute Gasteiger partial charge is 0.501 e. The molecule has 0 unspecified atom stereocenters. The van der Waals surface area contributed by atoms with Gasteiger partial charge < -0.3 is 14.8 Å². The molecule has 1 rings (SSSR count). The van der Waals surface area contributed by atoms with E-state index in [-0.39, 0.29) is 6.07 Å².